The summed E-state index contributed by atoms with van der Waals surface area (Å²) in [5.41, 5.74) is 1.20. The van der Waals surface area contributed by atoms with Crippen molar-refractivity contribution in [3.63, 3.8) is 0 Å². The van der Waals surface area contributed by atoms with Crippen LogP contribution in [-0.4, -0.2) is 60.3 Å². The quantitative estimate of drug-likeness (QED) is 0.813. The van der Waals surface area contributed by atoms with Gasteiger partial charge in [0.25, 0.3) is 0 Å². The van der Waals surface area contributed by atoms with Crippen molar-refractivity contribution in [2.24, 2.45) is 0 Å². The Hall–Kier alpha value is -2.21. The maximum Gasteiger partial charge on any atom is 0.242 e. The lowest BCUT2D eigenvalue weighted by molar-refractivity contribution is -0.130. The molecule has 2 aromatic rings. The van der Waals surface area contributed by atoms with Crippen molar-refractivity contribution in [1.82, 2.24) is 9.88 Å². The second kappa shape index (κ2) is 8.21. The first-order valence-corrected chi connectivity index (χ1v) is 10.6. The summed E-state index contributed by atoms with van der Waals surface area (Å²) in [6, 6.07) is 14.4. The number of hydrogen-bond acceptors (Lipinski definition) is 5. The average molecular weight is 383 g/mol. The van der Waals surface area contributed by atoms with Crippen molar-refractivity contribution in [2.75, 3.05) is 49.1 Å². The predicted octanol–water partition coefficient (Wildman–Crippen LogP) is 3.12. The van der Waals surface area contributed by atoms with Crippen LogP contribution in [0, 0.1) is 0 Å². The van der Waals surface area contributed by atoms with Gasteiger partial charge >= 0.3 is 0 Å². The van der Waals surface area contributed by atoms with Gasteiger partial charge in [-0.3, -0.25) is 4.79 Å². The SMILES string of the molecule is CC[C@@H]1CN(CC(=O)N2CCN(c3ccccn3)CC2)c2ccccc2S1. The van der Waals surface area contributed by atoms with E-state index in [9.17, 15) is 4.79 Å². The first kappa shape index (κ1) is 18.2. The molecule has 1 atom stereocenters. The van der Waals surface area contributed by atoms with Gasteiger partial charge in [-0.05, 0) is 30.7 Å². The van der Waals surface area contributed by atoms with Gasteiger partial charge in [0.05, 0.1) is 12.2 Å². The van der Waals surface area contributed by atoms with Gasteiger partial charge in [-0.2, -0.15) is 0 Å². The molecule has 0 aliphatic carbocycles. The van der Waals surface area contributed by atoms with E-state index >= 15 is 0 Å². The third-order valence-electron chi connectivity index (χ3n) is 5.31. The van der Waals surface area contributed by atoms with Crippen molar-refractivity contribution >= 4 is 29.2 Å². The molecule has 6 heteroatoms. The van der Waals surface area contributed by atoms with E-state index in [4.69, 9.17) is 0 Å². The van der Waals surface area contributed by atoms with Gasteiger partial charge in [0, 0.05) is 49.1 Å². The molecule has 142 valence electrons. The largest absolute Gasteiger partial charge is 0.360 e. The Balaban J connectivity index is 1.38. The van der Waals surface area contributed by atoms with Crippen LogP contribution in [0.25, 0.3) is 0 Å². The van der Waals surface area contributed by atoms with Crippen LogP contribution in [0.15, 0.2) is 53.6 Å². The topological polar surface area (TPSA) is 39.7 Å². The molecule has 1 fully saturated rings. The van der Waals surface area contributed by atoms with Gasteiger partial charge in [0.2, 0.25) is 5.91 Å². The molecule has 4 rings (SSSR count). The number of hydrogen-bond donors (Lipinski definition) is 0. The summed E-state index contributed by atoms with van der Waals surface area (Å²) >= 11 is 1.94. The number of piperazine rings is 1. The van der Waals surface area contributed by atoms with E-state index in [2.05, 4.69) is 46.0 Å². The van der Waals surface area contributed by atoms with Crippen LogP contribution in [0.2, 0.25) is 0 Å². The Morgan fingerprint density at radius 3 is 2.63 bits per heavy atom. The monoisotopic (exact) mass is 382 g/mol. The predicted molar refractivity (Wildman–Crippen MR) is 112 cm³/mol. The zero-order valence-electron chi connectivity index (χ0n) is 15.8. The molecule has 2 aliphatic rings. The highest BCUT2D eigenvalue weighted by Crippen LogP contribution is 2.39. The van der Waals surface area contributed by atoms with Crippen molar-refractivity contribution in [3.8, 4) is 0 Å². The number of aromatic nitrogens is 1. The fraction of sp³-hybridized carbons (Fsp3) is 0.429. The molecule has 0 saturated carbocycles. The Morgan fingerprint density at radius 1 is 1.11 bits per heavy atom. The highest BCUT2D eigenvalue weighted by Gasteiger charge is 2.28. The molecule has 0 bridgehead atoms. The van der Waals surface area contributed by atoms with Gasteiger partial charge in [0.15, 0.2) is 0 Å². The van der Waals surface area contributed by atoms with Crippen molar-refractivity contribution in [1.29, 1.82) is 0 Å². The van der Waals surface area contributed by atoms with Crippen LogP contribution < -0.4 is 9.80 Å². The fourth-order valence-corrected chi connectivity index (χ4v) is 4.99. The summed E-state index contributed by atoms with van der Waals surface area (Å²) < 4.78 is 0. The summed E-state index contributed by atoms with van der Waals surface area (Å²) in [5, 5.41) is 0.550. The highest BCUT2D eigenvalue weighted by atomic mass is 32.2. The number of nitrogens with zero attached hydrogens (tertiary/aromatic N) is 4. The number of pyridine rings is 1. The molecular weight excluding hydrogens is 356 g/mol. The van der Waals surface area contributed by atoms with Gasteiger partial charge in [-0.15, -0.1) is 11.8 Å². The summed E-state index contributed by atoms with van der Waals surface area (Å²) in [6.45, 7) is 6.84. The molecule has 1 saturated heterocycles. The summed E-state index contributed by atoms with van der Waals surface area (Å²) in [6.07, 6.45) is 2.94. The van der Waals surface area contributed by atoms with Gasteiger partial charge < -0.3 is 14.7 Å². The van der Waals surface area contributed by atoms with Crippen molar-refractivity contribution in [2.45, 2.75) is 23.5 Å². The molecule has 3 heterocycles. The molecule has 1 aromatic carbocycles. The van der Waals surface area contributed by atoms with E-state index in [1.165, 1.54) is 10.6 Å². The number of carbonyl (C=O) groups excluding carboxylic acids is 1. The molecule has 0 unspecified atom stereocenters. The number of anilines is 2. The number of thioether (sulfide) groups is 1. The molecule has 0 spiro atoms. The average Bonchev–Trinajstić information content (AvgIpc) is 2.74. The number of rotatable bonds is 4. The zero-order chi connectivity index (χ0) is 18.6. The molecule has 1 amide bonds. The standard InChI is InChI=1S/C21H26N4OS/c1-2-17-15-25(18-7-3-4-8-19(18)27-17)16-21(26)24-13-11-23(12-14-24)20-9-5-6-10-22-20/h3-10,17H,2,11-16H2,1H3/t17-/m1/s1. The van der Waals surface area contributed by atoms with Crippen molar-refractivity contribution < 1.29 is 4.79 Å². The van der Waals surface area contributed by atoms with Crippen LogP contribution in [-0.2, 0) is 4.79 Å². The second-order valence-corrected chi connectivity index (χ2v) is 8.39. The summed E-state index contributed by atoms with van der Waals surface area (Å²) in [4.78, 5) is 25.2. The molecular formula is C21H26N4OS. The molecule has 0 radical (unpaired) electrons. The normalized spacial score (nSPS) is 19.7. The lowest BCUT2D eigenvalue weighted by atomic mass is 10.2. The van der Waals surface area contributed by atoms with E-state index < -0.39 is 0 Å². The van der Waals surface area contributed by atoms with Crippen LogP contribution in [0.4, 0.5) is 11.5 Å². The number of benzene rings is 1. The van der Waals surface area contributed by atoms with E-state index in [-0.39, 0.29) is 5.91 Å². The van der Waals surface area contributed by atoms with Crippen molar-refractivity contribution in [3.05, 3.63) is 48.7 Å². The van der Waals surface area contributed by atoms with Crippen LogP contribution in [0.1, 0.15) is 13.3 Å². The van der Waals surface area contributed by atoms with Gasteiger partial charge in [0.1, 0.15) is 5.82 Å². The second-order valence-electron chi connectivity index (χ2n) is 7.05. The minimum absolute atomic E-state index is 0.229. The molecule has 27 heavy (non-hydrogen) atoms. The van der Waals surface area contributed by atoms with E-state index in [1.807, 2.05) is 41.1 Å². The fourth-order valence-electron chi connectivity index (χ4n) is 3.73. The number of amides is 1. The first-order valence-electron chi connectivity index (χ1n) is 9.69. The van der Waals surface area contributed by atoms with Crippen LogP contribution in [0.5, 0.6) is 0 Å². The Bertz CT molecular complexity index is 777. The summed E-state index contributed by atoms with van der Waals surface area (Å²) in [7, 11) is 0. The maximum atomic E-state index is 13.0. The number of carbonyl (C=O) groups is 1. The highest BCUT2D eigenvalue weighted by molar-refractivity contribution is 8.00. The molecule has 2 aliphatic heterocycles. The zero-order valence-corrected chi connectivity index (χ0v) is 16.6. The molecule has 1 aromatic heterocycles. The van der Waals surface area contributed by atoms with Gasteiger partial charge in [-0.25, -0.2) is 4.98 Å². The third-order valence-corrected chi connectivity index (χ3v) is 6.73. The Labute approximate surface area is 165 Å². The van der Waals surface area contributed by atoms with Crippen LogP contribution >= 0.6 is 11.8 Å². The van der Waals surface area contributed by atoms with E-state index in [0.717, 1.165) is 45.0 Å². The molecule has 0 N–H and O–H groups in total. The van der Waals surface area contributed by atoms with E-state index in [1.54, 1.807) is 0 Å². The number of fused-ring (bicyclic) bond motifs is 1. The maximum absolute atomic E-state index is 13.0. The molecule has 5 nitrogen and oxygen atoms in total. The van der Waals surface area contributed by atoms with E-state index in [0.29, 0.717) is 11.8 Å². The summed E-state index contributed by atoms with van der Waals surface area (Å²) in [5.74, 6) is 1.23. The third kappa shape index (κ3) is 4.05. The lowest BCUT2D eigenvalue weighted by Crippen LogP contribution is -2.52. The van der Waals surface area contributed by atoms with Crippen LogP contribution in [0.3, 0.4) is 0 Å². The number of para-hydroxylation sites is 1. The first-order chi connectivity index (χ1) is 13.2. The Morgan fingerprint density at radius 2 is 1.89 bits per heavy atom. The lowest BCUT2D eigenvalue weighted by Gasteiger charge is -2.39. The Kier molecular flexibility index (Phi) is 5.53. The van der Waals surface area contributed by atoms with Gasteiger partial charge in [-0.1, -0.05) is 25.1 Å². The smallest absolute Gasteiger partial charge is 0.242 e. The minimum Gasteiger partial charge on any atom is -0.360 e. The minimum atomic E-state index is 0.229.